The number of likely N-dealkylation sites (tertiary alicyclic amines) is 2. The number of thiophene rings is 1. The van der Waals surface area contributed by atoms with Crippen molar-refractivity contribution in [3.8, 4) is 0 Å². The van der Waals surface area contributed by atoms with E-state index in [0.717, 1.165) is 81.8 Å². The van der Waals surface area contributed by atoms with Crippen molar-refractivity contribution in [2.45, 2.75) is 57.5 Å². The minimum absolute atomic E-state index is 0.129. The van der Waals surface area contributed by atoms with Gasteiger partial charge in [-0.1, -0.05) is 0 Å². The normalized spacial score (nSPS) is 25.1. The second-order valence-corrected chi connectivity index (χ2v) is 9.32. The van der Waals surface area contributed by atoms with E-state index in [-0.39, 0.29) is 11.5 Å². The average molecular weight is 391 g/mol. The first-order valence-electron chi connectivity index (χ1n) is 10.3. The van der Waals surface area contributed by atoms with Gasteiger partial charge in [-0.15, -0.1) is 11.3 Å². The maximum atomic E-state index is 12.8. The van der Waals surface area contributed by atoms with E-state index in [9.17, 15) is 9.59 Å². The average Bonchev–Trinajstić information content (AvgIpc) is 3.34. The zero-order valence-electron chi connectivity index (χ0n) is 16.2. The zero-order valence-corrected chi connectivity index (χ0v) is 17.1. The molecule has 1 unspecified atom stereocenters. The van der Waals surface area contributed by atoms with Crippen LogP contribution in [0.1, 0.15) is 60.2 Å². The summed E-state index contributed by atoms with van der Waals surface area (Å²) in [5, 5.41) is 1.99. The van der Waals surface area contributed by atoms with Crippen molar-refractivity contribution < 1.29 is 14.3 Å². The lowest BCUT2D eigenvalue weighted by Crippen LogP contribution is -2.51. The highest BCUT2D eigenvalue weighted by atomic mass is 32.1. The number of hydrogen-bond acceptors (Lipinski definition) is 4. The Morgan fingerprint density at radius 3 is 2.59 bits per heavy atom. The Balaban J connectivity index is 1.32. The molecule has 1 atom stereocenters. The predicted octanol–water partition coefficient (Wildman–Crippen LogP) is 3.47. The fourth-order valence-electron chi connectivity index (χ4n) is 4.85. The number of nitrogens with zero attached hydrogens (tertiary/aromatic N) is 2. The van der Waals surface area contributed by atoms with E-state index in [1.54, 1.807) is 0 Å². The fraction of sp³-hybridized carbons (Fsp3) is 0.714. The van der Waals surface area contributed by atoms with Crippen LogP contribution >= 0.6 is 11.3 Å². The van der Waals surface area contributed by atoms with Crippen LogP contribution in [-0.2, 0) is 9.53 Å². The van der Waals surface area contributed by atoms with Crippen molar-refractivity contribution in [2.24, 2.45) is 5.92 Å². The number of piperidine rings is 1. The molecule has 3 fully saturated rings. The van der Waals surface area contributed by atoms with Gasteiger partial charge in [0.2, 0.25) is 5.91 Å². The van der Waals surface area contributed by atoms with Crippen LogP contribution in [0.4, 0.5) is 0 Å². The van der Waals surface area contributed by atoms with Crippen LogP contribution < -0.4 is 0 Å². The van der Waals surface area contributed by atoms with Gasteiger partial charge in [-0.2, -0.15) is 0 Å². The third-order valence-corrected chi connectivity index (χ3v) is 7.54. The molecule has 5 nitrogen and oxygen atoms in total. The second kappa shape index (κ2) is 7.92. The molecule has 4 rings (SSSR count). The van der Waals surface area contributed by atoms with Gasteiger partial charge in [0, 0.05) is 39.2 Å². The molecule has 0 N–H and O–H groups in total. The predicted molar refractivity (Wildman–Crippen MR) is 106 cm³/mol. The lowest BCUT2D eigenvalue weighted by atomic mass is 9.78. The van der Waals surface area contributed by atoms with Gasteiger partial charge in [0.25, 0.3) is 5.91 Å². The number of rotatable bonds is 3. The first-order valence-corrected chi connectivity index (χ1v) is 11.2. The summed E-state index contributed by atoms with van der Waals surface area (Å²) in [6.45, 7) is 6.13. The van der Waals surface area contributed by atoms with Crippen molar-refractivity contribution in [1.82, 2.24) is 9.80 Å². The van der Waals surface area contributed by atoms with Crippen molar-refractivity contribution in [3.05, 3.63) is 21.9 Å². The maximum absolute atomic E-state index is 12.8. The standard InChI is InChI=1S/C21H30N2O3S/c1-16-5-13-27-19(16)20(25)23-10-6-21(7-11-23)15-17(4-12-26-21)14-18(24)22-8-2-3-9-22/h5,13,17H,2-4,6-12,14-15H2,1H3. The Kier molecular flexibility index (Phi) is 5.55. The van der Waals surface area contributed by atoms with Crippen molar-refractivity contribution in [1.29, 1.82) is 0 Å². The first-order chi connectivity index (χ1) is 13.1. The molecule has 2 amide bonds. The molecule has 0 aliphatic carbocycles. The van der Waals surface area contributed by atoms with Crippen LogP contribution in [0.15, 0.2) is 11.4 Å². The maximum Gasteiger partial charge on any atom is 0.264 e. The number of ether oxygens (including phenoxy) is 1. The largest absolute Gasteiger partial charge is 0.375 e. The molecule has 0 saturated carbocycles. The summed E-state index contributed by atoms with van der Waals surface area (Å²) in [4.78, 5) is 30.2. The van der Waals surface area contributed by atoms with E-state index in [0.29, 0.717) is 18.2 Å². The molecule has 1 spiro atoms. The molecular weight excluding hydrogens is 360 g/mol. The third-order valence-electron chi connectivity index (χ3n) is 6.54. The molecule has 4 heterocycles. The van der Waals surface area contributed by atoms with E-state index in [1.165, 1.54) is 11.3 Å². The van der Waals surface area contributed by atoms with Gasteiger partial charge >= 0.3 is 0 Å². The Morgan fingerprint density at radius 2 is 1.93 bits per heavy atom. The highest BCUT2D eigenvalue weighted by molar-refractivity contribution is 7.12. The summed E-state index contributed by atoms with van der Waals surface area (Å²) >= 11 is 1.53. The Bertz CT molecular complexity index is 687. The molecule has 0 bridgehead atoms. The van der Waals surface area contributed by atoms with Crippen molar-refractivity contribution >= 4 is 23.2 Å². The van der Waals surface area contributed by atoms with Gasteiger partial charge in [-0.25, -0.2) is 0 Å². The smallest absolute Gasteiger partial charge is 0.264 e. The van der Waals surface area contributed by atoms with Crippen LogP contribution in [0.3, 0.4) is 0 Å². The van der Waals surface area contributed by atoms with Crippen molar-refractivity contribution in [2.75, 3.05) is 32.8 Å². The van der Waals surface area contributed by atoms with E-state index in [1.807, 2.05) is 28.2 Å². The minimum atomic E-state index is -0.129. The first kappa shape index (κ1) is 18.9. The van der Waals surface area contributed by atoms with Crippen LogP contribution in [0, 0.1) is 12.8 Å². The number of amides is 2. The molecular formula is C21H30N2O3S. The van der Waals surface area contributed by atoms with Crippen molar-refractivity contribution in [3.63, 3.8) is 0 Å². The molecule has 3 saturated heterocycles. The van der Waals surface area contributed by atoms with Gasteiger partial charge in [-0.05, 0) is 68.4 Å². The summed E-state index contributed by atoms with van der Waals surface area (Å²) in [7, 11) is 0. The Morgan fingerprint density at radius 1 is 1.19 bits per heavy atom. The van der Waals surface area contributed by atoms with Gasteiger partial charge in [0.1, 0.15) is 0 Å². The van der Waals surface area contributed by atoms with E-state index in [4.69, 9.17) is 4.74 Å². The topological polar surface area (TPSA) is 49.9 Å². The number of carbonyl (C=O) groups excluding carboxylic acids is 2. The molecule has 0 aromatic carbocycles. The summed E-state index contributed by atoms with van der Waals surface area (Å²) in [6, 6.07) is 2.01. The second-order valence-electron chi connectivity index (χ2n) is 8.41. The molecule has 1 aromatic rings. The number of carbonyl (C=O) groups is 2. The SMILES string of the molecule is Cc1ccsc1C(=O)N1CCC2(CC1)CC(CC(=O)N1CCCC1)CCO2. The van der Waals surface area contributed by atoms with Crippen LogP contribution in [0.25, 0.3) is 0 Å². The molecule has 6 heteroatoms. The highest BCUT2D eigenvalue weighted by Gasteiger charge is 2.42. The molecule has 1 aromatic heterocycles. The molecule has 3 aliphatic rings. The quantitative estimate of drug-likeness (QED) is 0.794. The molecule has 3 aliphatic heterocycles. The van der Waals surface area contributed by atoms with Crippen LogP contribution in [-0.4, -0.2) is 60.0 Å². The summed E-state index contributed by atoms with van der Waals surface area (Å²) in [5.41, 5.74) is 0.940. The zero-order chi connectivity index (χ0) is 18.9. The lowest BCUT2D eigenvalue weighted by molar-refractivity contribution is -0.140. The summed E-state index contributed by atoms with van der Waals surface area (Å²) in [6.07, 6.45) is 6.69. The third kappa shape index (κ3) is 4.06. The van der Waals surface area contributed by atoms with E-state index >= 15 is 0 Å². The number of hydrogen-bond donors (Lipinski definition) is 0. The molecule has 27 heavy (non-hydrogen) atoms. The lowest BCUT2D eigenvalue weighted by Gasteiger charge is -2.46. The van der Waals surface area contributed by atoms with E-state index in [2.05, 4.69) is 0 Å². The fourth-order valence-corrected chi connectivity index (χ4v) is 5.74. The summed E-state index contributed by atoms with van der Waals surface area (Å²) < 4.78 is 6.23. The Labute approximate surface area is 165 Å². The molecule has 0 radical (unpaired) electrons. The van der Waals surface area contributed by atoms with E-state index < -0.39 is 0 Å². The van der Waals surface area contributed by atoms with Crippen LogP contribution in [0.5, 0.6) is 0 Å². The van der Waals surface area contributed by atoms with Gasteiger partial charge in [0.05, 0.1) is 10.5 Å². The van der Waals surface area contributed by atoms with Crippen LogP contribution in [0.2, 0.25) is 0 Å². The van der Waals surface area contributed by atoms with Gasteiger partial charge in [0.15, 0.2) is 0 Å². The van der Waals surface area contributed by atoms with Gasteiger partial charge < -0.3 is 14.5 Å². The monoisotopic (exact) mass is 390 g/mol. The Hall–Kier alpha value is -1.40. The highest BCUT2D eigenvalue weighted by Crippen LogP contribution is 2.39. The van der Waals surface area contributed by atoms with Gasteiger partial charge in [-0.3, -0.25) is 9.59 Å². The summed E-state index contributed by atoms with van der Waals surface area (Å²) in [5.74, 6) is 0.915. The minimum Gasteiger partial charge on any atom is -0.375 e. The number of aryl methyl sites for hydroxylation is 1. The molecule has 148 valence electrons.